The molecule has 0 saturated heterocycles. The van der Waals surface area contributed by atoms with Crippen molar-refractivity contribution in [1.82, 2.24) is 5.32 Å². The Kier molecular flexibility index (Phi) is 4.23. The highest BCUT2D eigenvalue weighted by Crippen LogP contribution is 2.30. The predicted molar refractivity (Wildman–Crippen MR) is 72.9 cm³/mol. The van der Waals surface area contributed by atoms with Gasteiger partial charge in [0.15, 0.2) is 11.3 Å². The van der Waals surface area contributed by atoms with Crippen LogP contribution >= 0.6 is 0 Å². The van der Waals surface area contributed by atoms with Gasteiger partial charge in [0.2, 0.25) is 0 Å². The molecule has 1 heterocycles. The maximum Gasteiger partial charge on any atom is 0.176 e. The molecule has 0 radical (unpaired) electrons. The first-order valence-electron chi connectivity index (χ1n) is 6.26. The first-order chi connectivity index (χ1) is 8.76. The molecule has 0 amide bonds. The Morgan fingerprint density at radius 3 is 3.00 bits per heavy atom. The molecule has 4 nitrogen and oxygen atoms in total. The molecule has 1 aromatic heterocycles. The summed E-state index contributed by atoms with van der Waals surface area (Å²) < 4.78 is 11.2. The fraction of sp³-hybridized carbons (Fsp3) is 0.429. The van der Waals surface area contributed by atoms with E-state index in [-0.39, 0.29) is 6.04 Å². The number of hydrogen-bond acceptors (Lipinski definition) is 4. The predicted octanol–water partition coefficient (Wildman–Crippen LogP) is 2.44. The maximum atomic E-state index is 5.86. The van der Waals surface area contributed by atoms with E-state index in [9.17, 15) is 0 Å². The normalized spacial score (nSPS) is 12.8. The molecule has 18 heavy (non-hydrogen) atoms. The molecule has 0 fully saturated rings. The molecule has 1 atom stereocenters. The number of methoxy groups -OCH3 is 1. The van der Waals surface area contributed by atoms with Gasteiger partial charge in [-0.1, -0.05) is 12.1 Å². The zero-order valence-corrected chi connectivity index (χ0v) is 10.9. The molecule has 0 aliphatic rings. The summed E-state index contributed by atoms with van der Waals surface area (Å²) in [5.74, 6) is 1.69. The van der Waals surface area contributed by atoms with Crippen molar-refractivity contribution in [3.63, 3.8) is 0 Å². The Balaban J connectivity index is 2.19. The number of ether oxygens (including phenoxy) is 1. The molecule has 0 saturated carbocycles. The summed E-state index contributed by atoms with van der Waals surface area (Å²) in [6, 6.07) is 8.12. The molecule has 2 rings (SSSR count). The lowest BCUT2D eigenvalue weighted by Crippen LogP contribution is -2.21. The number of hydrogen-bond donors (Lipinski definition) is 2. The van der Waals surface area contributed by atoms with E-state index in [0.29, 0.717) is 6.54 Å². The number of rotatable bonds is 6. The van der Waals surface area contributed by atoms with Gasteiger partial charge in [0.25, 0.3) is 0 Å². The zero-order chi connectivity index (χ0) is 13.0. The summed E-state index contributed by atoms with van der Waals surface area (Å²) >= 11 is 0. The van der Waals surface area contributed by atoms with Crippen LogP contribution in [0.4, 0.5) is 0 Å². The van der Waals surface area contributed by atoms with Gasteiger partial charge in [0, 0.05) is 5.39 Å². The minimum Gasteiger partial charge on any atom is -0.493 e. The molecule has 4 heteroatoms. The van der Waals surface area contributed by atoms with Crippen LogP contribution < -0.4 is 15.8 Å². The molecule has 0 bridgehead atoms. The monoisotopic (exact) mass is 248 g/mol. The van der Waals surface area contributed by atoms with Crippen LogP contribution in [0.5, 0.6) is 5.75 Å². The van der Waals surface area contributed by atoms with Gasteiger partial charge in [0.05, 0.1) is 13.2 Å². The van der Waals surface area contributed by atoms with Crippen molar-refractivity contribution in [3.05, 3.63) is 30.0 Å². The Morgan fingerprint density at radius 2 is 2.28 bits per heavy atom. The van der Waals surface area contributed by atoms with Gasteiger partial charge >= 0.3 is 0 Å². The van der Waals surface area contributed by atoms with Crippen molar-refractivity contribution < 1.29 is 9.15 Å². The highest BCUT2D eigenvalue weighted by molar-refractivity contribution is 5.83. The largest absolute Gasteiger partial charge is 0.493 e. The number of benzene rings is 1. The van der Waals surface area contributed by atoms with E-state index in [0.717, 1.165) is 35.4 Å². The van der Waals surface area contributed by atoms with E-state index >= 15 is 0 Å². The SMILES string of the molecule is COc1cccc2cc(C(C)NCCCN)oc12. The summed E-state index contributed by atoms with van der Waals surface area (Å²) in [5, 5.41) is 4.45. The molecule has 3 N–H and O–H groups in total. The quantitative estimate of drug-likeness (QED) is 0.771. The summed E-state index contributed by atoms with van der Waals surface area (Å²) in [6.07, 6.45) is 0.966. The lowest BCUT2D eigenvalue weighted by atomic mass is 10.2. The van der Waals surface area contributed by atoms with Gasteiger partial charge in [-0.15, -0.1) is 0 Å². The molecule has 98 valence electrons. The van der Waals surface area contributed by atoms with Crippen molar-refractivity contribution >= 4 is 11.0 Å². The zero-order valence-electron chi connectivity index (χ0n) is 10.9. The summed E-state index contributed by atoms with van der Waals surface area (Å²) in [7, 11) is 1.65. The highest BCUT2D eigenvalue weighted by Gasteiger charge is 2.13. The fourth-order valence-electron chi connectivity index (χ4n) is 1.95. The van der Waals surface area contributed by atoms with E-state index in [1.165, 1.54) is 0 Å². The van der Waals surface area contributed by atoms with Crippen LogP contribution in [0.15, 0.2) is 28.7 Å². The van der Waals surface area contributed by atoms with Gasteiger partial charge < -0.3 is 20.2 Å². The second kappa shape index (κ2) is 5.89. The van der Waals surface area contributed by atoms with Crippen LogP contribution in [0.1, 0.15) is 25.1 Å². The third kappa shape index (κ3) is 2.66. The second-order valence-electron chi connectivity index (χ2n) is 4.35. The Bertz CT molecular complexity index is 507. The van der Waals surface area contributed by atoms with Crippen LogP contribution in [0.2, 0.25) is 0 Å². The van der Waals surface area contributed by atoms with E-state index in [2.05, 4.69) is 18.3 Å². The molecular weight excluding hydrogens is 228 g/mol. The standard InChI is InChI=1S/C14H20N2O2/c1-10(16-8-4-7-15)13-9-11-5-3-6-12(17-2)14(11)18-13/h3,5-6,9-10,16H,4,7-8,15H2,1-2H3. The lowest BCUT2D eigenvalue weighted by Gasteiger charge is -2.10. The second-order valence-corrected chi connectivity index (χ2v) is 4.35. The Labute approximate surface area is 107 Å². The van der Waals surface area contributed by atoms with Gasteiger partial charge in [0.1, 0.15) is 5.76 Å². The van der Waals surface area contributed by atoms with Crippen LogP contribution in [-0.4, -0.2) is 20.2 Å². The number of fused-ring (bicyclic) bond motifs is 1. The van der Waals surface area contributed by atoms with Crippen LogP contribution in [0.25, 0.3) is 11.0 Å². The molecule has 0 aliphatic carbocycles. The van der Waals surface area contributed by atoms with E-state index in [4.69, 9.17) is 14.9 Å². The van der Waals surface area contributed by atoms with Crippen molar-refractivity contribution in [3.8, 4) is 5.75 Å². The first-order valence-corrected chi connectivity index (χ1v) is 6.26. The van der Waals surface area contributed by atoms with Crippen molar-refractivity contribution in [2.75, 3.05) is 20.2 Å². The number of furan rings is 1. The summed E-state index contributed by atoms with van der Waals surface area (Å²) in [6.45, 7) is 3.68. The summed E-state index contributed by atoms with van der Waals surface area (Å²) in [5.41, 5.74) is 6.28. The van der Waals surface area contributed by atoms with Crippen molar-refractivity contribution in [2.45, 2.75) is 19.4 Å². The lowest BCUT2D eigenvalue weighted by molar-refractivity contribution is 0.399. The Morgan fingerprint density at radius 1 is 1.44 bits per heavy atom. The van der Waals surface area contributed by atoms with Gasteiger partial charge in [-0.25, -0.2) is 0 Å². The van der Waals surface area contributed by atoms with E-state index in [1.54, 1.807) is 7.11 Å². The molecule has 1 aromatic carbocycles. The van der Waals surface area contributed by atoms with Crippen LogP contribution in [0.3, 0.4) is 0 Å². The topological polar surface area (TPSA) is 60.4 Å². The summed E-state index contributed by atoms with van der Waals surface area (Å²) in [4.78, 5) is 0. The number of para-hydroxylation sites is 1. The average molecular weight is 248 g/mol. The molecule has 0 aliphatic heterocycles. The first kappa shape index (κ1) is 12.9. The number of nitrogens with one attached hydrogen (secondary N) is 1. The molecular formula is C14H20N2O2. The molecule has 2 aromatic rings. The number of nitrogens with two attached hydrogens (primary N) is 1. The van der Waals surface area contributed by atoms with Crippen molar-refractivity contribution in [2.24, 2.45) is 5.73 Å². The van der Waals surface area contributed by atoms with Crippen LogP contribution in [0, 0.1) is 0 Å². The van der Waals surface area contributed by atoms with Gasteiger partial charge in [-0.3, -0.25) is 0 Å². The minimum absolute atomic E-state index is 0.175. The fourth-order valence-corrected chi connectivity index (χ4v) is 1.95. The van der Waals surface area contributed by atoms with E-state index < -0.39 is 0 Å². The van der Waals surface area contributed by atoms with E-state index in [1.807, 2.05) is 18.2 Å². The third-order valence-corrected chi connectivity index (χ3v) is 3.01. The van der Waals surface area contributed by atoms with Gasteiger partial charge in [-0.05, 0) is 38.6 Å². The van der Waals surface area contributed by atoms with Crippen LogP contribution in [-0.2, 0) is 0 Å². The smallest absolute Gasteiger partial charge is 0.176 e. The Hall–Kier alpha value is -1.52. The minimum atomic E-state index is 0.175. The maximum absolute atomic E-state index is 5.86. The molecule has 0 spiro atoms. The van der Waals surface area contributed by atoms with Gasteiger partial charge in [-0.2, -0.15) is 0 Å². The third-order valence-electron chi connectivity index (χ3n) is 3.01. The van der Waals surface area contributed by atoms with Crippen molar-refractivity contribution in [1.29, 1.82) is 0 Å². The molecule has 1 unspecified atom stereocenters. The highest BCUT2D eigenvalue weighted by atomic mass is 16.5. The average Bonchev–Trinajstić information content (AvgIpc) is 2.82.